The zero-order chi connectivity index (χ0) is 15.9. The van der Waals surface area contributed by atoms with Crippen LogP contribution in [0.2, 0.25) is 0 Å². The van der Waals surface area contributed by atoms with Gasteiger partial charge in [0.15, 0.2) is 0 Å². The van der Waals surface area contributed by atoms with Crippen molar-refractivity contribution in [3.05, 3.63) is 29.8 Å². The molecule has 128 valence electrons. The molecule has 2 aliphatic rings. The minimum absolute atomic E-state index is 0.330. The number of hydrogen-bond donors (Lipinski definition) is 1. The SMILES string of the molecule is N[C@H]1CCCN(Cc2cccc(OCCN3CCOCC3)c2)C1. The first kappa shape index (κ1) is 16.7. The normalized spacial score (nSPS) is 23.8. The number of morpholine rings is 1. The van der Waals surface area contributed by atoms with E-state index in [2.05, 4.69) is 28.0 Å². The smallest absolute Gasteiger partial charge is 0.119 e. The minimum Gasteiger partial charge on any atom is -0.492 e. The lowest BCUT2D eigenvalue weighted by molar-refractivity contribution is 0.0322. The molecule has 0 unspecified atom stereocenters. The highest BCUT2D eigenvalue weighted by Gasteiger charge is 2.16. The molecule has 0 spiro atoms. The molecule has 5 heteroatoms. The monoisotopic (exact) mass is 319 g/mol. The summed E-state index contributed by atoms with van der Waals surface area (Å²) in [4.78, 5) is 4.84. The fourth-order valence-electron chi connectivity index (χ4n) is 3.34. The molecule has 3 rings (SSSR count). The van der Waals surface area contributed by atoms with Gasteiger partial charge in [0.2, 0.25) is 0 Å². The Labute approximate surface area is 139 Å². The predicted octanol–water partition coefficient (Wildman–Crippen LogP) is 1.32. The topological polar surface area (TPSA) is 51.0 Å². The van der Waals surface area contributed by atoms with Gasteiger partial charge in [-0.3, -0.25) is 9.80 Å². The summed E-state index contributed by atoms with van der Waals surface area (Å²) in [5.74, 6) is 0.970. The summed E-state index contributed by atoms with van der Waals surface area (Å²) >= 11 is 0. The summed E-state index contributed by atoms with van der Waals surface area (Å²) in [6.45, 7) is 8.52. The van der Waals surface area contributed by atoms with Crippen LogP contribution in [0.4, 0.5) is 0 Å². The van der Waals surface area contributed by atoms with E-state index in [1.165, 1.54) is 12.0 Å². The van der Waals surface area contributed by atoms with Crippen molar-refractivity contribution >= 4 is 0 Å². The fourth-order valence-corrected chi connectivity index (χ4v) is 3.34. The van der Waals surface area contributed by atoms with Gasteiger partial charge in [-0.25, -0.2) is 0 Å². The van der Waals surface area contributed by atoms with Gasteiger partial charge in [0.05, 0.1) is 13.2 Å². The Morgan fingerprint density at radius 2 is 2.04 bits per heavy atom. The van der Waals surface area contributed by atoms with E-state index >= 15 is 0 Å². The molecule has 0 aromatic heterocycles. The molecular formula is C18H29N3O2. The van der Waals surface area contributed by atoms with Gasteiger partial charge in [-0.2, -0.15) is 0 Å². The lowest BCUT2D eigenvalue weighted by Gasteiger charge is -2.30. The number of nitrogens with two attached hydrogens (primary N) is 1. The summed E-state index contributed by atoms with van der Waals surface area (Å²) in [5.41, 5.74) is 7.37. The lowest BCUT2D eigenvalue weighted by Crippen LogP contribution is -2.42. The third-order valence-electron chi connectivity index (χ3n) is 4.63. The Hall–Kier alpha value is -1.14. The molecule has 0 saturated carbocycles. The van der Waals surface area contributed by atoms with E-state index in [9.17, 15) is 0 Å². The van der Waals surface area contributed by atoms with Gasteiger partial charge in [-0.1, -0.05) is 12.1 Å². The quantitative estimate of drug-likeness (QED) is 0.857. The molecule has 0 radical (unpaired) electrons. The number of ether oxygens (including phenoxy) is 2. The van der Waals surface area contributed by atoms with Gasteiger partial charge in [-0.15, -0.1) is 0 Å². The van der Waals surface area contributed by atoms with Crippen molar-refractivity contribution < 1.29 is 9.47 Å². The van der Waals surface area contributed by atoms with Crippen LogP contribution in [0.15, 0.2) is 24.3 Å². The number of likely N-dealkylation sites (tertiary alicyclic amines) is 1. The van der Waals surface area contributed by atoms with Crippen molar-refractivity contribution in [3.63, 3.8) is 0 Å². The fraction of sp³-hybridized carbons (Fsp3) is 0.667. The number of nitrogens with zero attached hydrogens (tertiary/aromatic N) is 2. The number of benzene rings is 1. The predicted molar refractivity (Wildman–Crippen MR) is 91.7 cm³/mol. The highest BCUT2D eigenvalue weighted by atomic mass is 16.5. The van der Waals surface area contributed by atoms with Crippen molar-refractivity contribution in [3.8, 4) is 5.75 Å². The molecule has 0 aliphatic carbocycles. The second-order valence-corrected chi connectivity index (χ2v) is 6.59. The molecule has 1 aromatic rings. The first-order valence-electron chi connectivity index (χ1n) is 8.79. The van der Waals surface area contributed by atoms with Gasteiger partial charge in [0.1, 0.15) is 12.4 Å². The molecule has 2 N–H and O–H groups in total. The van der Waals surface area contributed by atoms with Gasteiger partial charge in [-0.05, 0) is 37.1 Å². The van der Waals surface area contributed by atoms with Crippen molar-refractivity contribution in [2.24, 2.45) is 5.73 Å². The van der Waals surface area contributed by atoms with E-state index in [-0.39, 0.29) is 0 Å². The summed E-state index contributed by atoms with van der Waals surface area (Å²) in [6, 6.07) is 8.80. The van der Waals surface area contributed by atoms with Crippen LogP contribution in [0.5, 0.6) is 5.75 Å². The first-order valence-corrected chi connectivity index (χ1v) is 8.79. The number of hydrogen-bond acceptors (Lipinski definition) is 5. The van der Waals surface area contributed by atoms with Crippen LogP contribution >= 0.6 is 0 Å². The maximum absolute atomic E-state index is 6.07. The van der Waals surface area contributed by atoms with E-state index in [1.807, 2.05) is 6.07 Å². The molecule has 2 fully saturated rings. The van der Waals surface area contributed by atoms with Gasteiger partial charge in [0, 0.05) is 38.8 Å². The largest absolute Gasteiger partial charge is 0.492 e. The molecule has 2 aliphatic heterocycles. The highest BCUT2D eigenvalue weighted by molar-refractivity contribution is 5.28. The highest BCUT2D eigenvalue weighted by Crippen LogP contribution is 2.17. The summed E-state index contributed by atoms with van der Waals surface area (Å²) in [7, 11) is 0. The molecule has 0 bridgehead atoms. The van der Waals surface area contributed by atoms with E-state index in [1.54, 1.807) is 0 Å². The van der Waals surface area contributed by atoms with E-state index in [4.69, 9.17) is 15.2 Å². The third-order valence-corrected chi connectivity index (χ3v) is 4.63. The average Bonchev–Trinajstić information content (AvgIpc) is 2.56. The Morgan fingerprint density at radius 1 is 1.17 bits per heavy atom. The van der Waals surface area contributed by atoms with Crippen LogP contribution < -0.4 is 10.5 Å². The van der Waals surface area contributed by atoms with Gasteiger partial charge in [0.25, 0.3) is 0 Å². The Morgan fingerprint density at radius 3 is 2.87 bits per heavy atom. The van der Waals surface area contributed by atoms with Crippen LogP contribution in [-0.2, 0) is 11.3 Å². The molecule has 1 aromatic carbocycles. The van der Waals surface area contributed by atoms with Crippen LogP contribution in [0.25, 0.3) is 0 Å². The van der Waals surface area contributed by atoms with Gasteiger partial charge < -0.3 is 15.2 Å². The Balaban J connectivity index is 1.45. The zero-order valence-electron chi connectivity index (χ0n) is 14.0. The Bertz CT molecular complexity index is 477. The number of rotatable bonds is 6. The van der Waals surface area contributed by atoms with Crippen molar-refractivity contribution in [1.29, 1.82) is 0 Å². The maximum atomic E-state index is 6.07. The maximum Gasteiger partial charge on any atom is 0.119 e. The van der Waals surface area contributed by atoms with Crippen LogP contribution in [0.3, 0.4) is 0 Å². The minimum atomic E-state index is 0.330. The van der Waals surface area contributed by atoms with Crippen LogP contribution in [0, 0.1) is 0 Å². The lowest BCUT2D eigenvalue weighted by atomic mass is 10.1. The molecule has 2 saturated heterocycles. The number of piperidine rings is 1. The molecule has 5 nitrogen and oxygen atoms in total. The second kappa shape index (κ2) is 8.64. The van der Waals surface area contributed by atoms with Crippen molar-refractivity contribution in [2.45, 2.75) is 25.4 Å². The van der Waals surface area contributed by atoms with Gasteiger partial charge >= 0.3 is 0 Å². The molecule has 2 heterocycles. The summed E-state index contributed by atoms with van der Waals surface area (Å²) in [6.07, 6.45) is 2.36. The second-order valence-electron chi connectivity index (χ2n) is 6.59. The standard InChI is InChI=1S/C18H29N3O2/c19-17-4-2-6-21(15-17)14-16-3-1-5-18(13-16)23-12-9-20-7-10-22-11-8-20/h1,3,5,13,17H,2,4,6-12,14-15,19H2/t17-/m0/s1. The van der Waals surface area contributed by atoms with Crippen molar-refractivity contribution in [1.82, 2.24) is 9.80 Å². The molecule has 0 amide bonds. The zero-order valence-corrected chi connectivity index (χ0v) is 14.0. The first-order chi connectivity index (χ1) is 11.3. The molecular weight excluding hydrogens is 290 g/mol. The van der Waals surface area contributed by atoms with E-state index < -0.39 is 0 Å². The Kier molecular flexibility index (Phi) is 6.28. The molecule has 23 heavy (non-hydrogen) atoms. The van der Waals surface area contributed by atoms with E-state index in [0.717, 1.165) is 71.3 Å². The third kappa shape index (κ3) is 5.46. The van der Waals surface area contributed by atoms with Crippen molar-refractivity contribution in [2.75, 3.05) is 52.5 Å². The van der Waals surface area contributed by atoms with E-state index in [0.29, 0.717) is 6.04 Å². The summed E-state index contributed by atoms with van der Waals surface area (Å²) < 4.78 is 11.3. The van der Waals surface area contributed by atoms with Crippen LogP contribution in [-0.4, -0.2) is 68.4 Å². The average molecular weight is 319 g/mol. The summed E-state index contributed by atoms with van der Waals surface area (Å²) in [5, 5.41) is 0. The van der Waals surface area contributed by atoms with Crippen LogP contribution in [0.1, 0.15) is 18.4 Å². The molecule has 1 atom stereocenters.